The zero-order chi connectivity index (χ0) is 21.1. The number of benzene rings is 2. The molecule has 30 heavy (non-hydrogen) atoms. The molecule has 0 bridgehead atoms. The van der Waals surface area contributed by atoms with Crippen LogP contribution in [0.4, 0.5) is 5.95 Å². The number of hydrogen-bond donors (Lipinski definition) is 2. The van der Waals surface area contributed by atoms with Crippen LogP contribution in [-0.2, 0) is 6.54 Å². The molecular weight excluding hydrogens is 400 g/mol. The van der Waals surface area contributed by atoms with Crippen LogP contribution in [0.3, 0.4) is 0 Å². The van der Waals surface area contributed by atoms with E-state index >= 15 is 0 Å². The zero-order valence-electron chi connectivity index (χ0n) is 16.5. The molecule has 0 aliphatic carbocycles. The molecule has 0 spiro atoms. The third-order valence-corrected chi connectivity index (χ3v) is 5.22. The number of fused-ring (bicyclic) bond motifs is 1. The minimum absolute atomic E-state index is 0.0294. The van der Waals surface area contributed by atoms with Crippen molar-refractivity contribution >= 4 is 28.6 Å². The van der Waals surface area contributed by atoms with Crippen LogP contribution in [0.15, 0.2) is 65.6 Å². The van der Waals surface area contributed by atoms with Crippen LogP contribution in [0.5, 0.6) is 0 Å². The van der Waals surface area contributed by atoms with E-state index in [1.165, 1.54) is 0 Å². The second-order valence-electron chi connectivity index (χ2n) is 6.79. The van der Waals surface area contributed by atoms with Crippen molar-refractivity contribution in [3.05, 3.63) is 76.2 Å². The van der Waals surface area contributed by atoms with Gasteiger partial charge < -0.3 is 10.4 Å². The lowest BCUT2D eigenvalue weighted by molar-refractivity contribution is 0.311. The molecule has 7 heteroatoms. The van der Waals surface area contributed by atoms with Gasteiger partial charge in [-0.05, 0) is 30.2 Å². The van der Waals surface area contributed by atoms with Crippen molar-refractivity contribution in [1.82, 2.24) is 14.5 Å². The SMILES string of the molecule is CCn1c(=O)c(-c2ccc(-c3ccccc3)cc2Cl)cc2cnc(NCCO)nc21. The quantitative estimate of drug-likeness (QED) is 0.488. The smallest absolute Gasteiger partial charge is 0.260 e. The Morgan fingerprint density at radius 2 is 1.87 bits per heavy atom. The first-order valence-electron chi connectivity index (χ1n) is 9.73. The molecule has 2 aromatic carbocycles. The summed E-state index contributed by atoms with van der Waals surface area (Å²) < 4.78 is 1.61. The largest absolute Gasteiger partial charge is 0.395 e. The Balaban J connectivity index is 1.83. The third-order valence-electron chi connectivity index (χ3n) is 4.90. The van der Waals surface area contributed by atoms with Crippen LogP contribution < -0.4 is 10.9 Å². The number of rotatable bonds is 6. The second-order valence-corrected chi connectivity index (χ2v) is 7.20. The van der Waals surface area contributed by atoms with Crippen molar-refractivity contribution in [2.45, 2.75) is 13.5 Å². The third kappa shape index (κ3) is 3.79. The molecule has 152 valence electrons. The first kappa shape index (κ1) is 20.1. The molecule has 0 atom stereocenters. The van der Waals surface area contributed by atoms with Gasteiger partial charge in [-0.25, -0.2) is 4.98 Å². The molecule has 0 aliphatic heterocycles. The molecule has 2 aromatic heterocycles. The average Bonchev–Trinajstić information content (AvgIpc) is 2.78. The van der Waals surface area contributed by atoms with Crippen molar-refractivity contribution in [3.8, 4) is 22.3 Å². The molecule has 0 unspecified atom stereocenters. The highest BCUT2D eigenvalue weighted by atomic mass is 35.5. The summed E-state index contributed by atoms with van der Waals surface area (Å²) in [6.45, 7) is 2.66. The van der Waals surface area contributed by atoms with Gasteiger partial charge in [0.1, 0.15) is 5.65 Å². The van der Waals surface area contributed by atoms with Crippen molar-refractivity contribution in [1.29, 1.82) is 0 Å². The van der Waals surface area contributed by atoms with E-state index in [0.717, 1.165) is 16.5 Å². The molecule has 0 aliphatic rings. The Kier molecular flexibility index (Phi) is 5.79. The number of pyridine rings is 1. The summed E-state index contributed by atoms with van der Waals surface area (Å²) in [7, 11) is 0. The first-order valence-corrected chi connectivity index (χ1v) is 10.1. The highest BCUT2D eigenvalue weighted by Gasteiger charge is 2.15. The maximum Gasteiger partial charge on any atom is 0.260 e. The summed E-state index contributed by atoms with van der Waals surface area (Å²) >= 11 is 6.60. The molecule has 4 rings (SSSR count). The monoisotopic (exact) mass is 420 g/mol. The summed E-state index contributed by atoms with van der Waals surface area (Å²) in [5.74, 6) is 0.371. The van der Waals surface area contributed by atoms with Crippen molar-refractivity contribution in [2.75, 3.05) is 18.5 Å². The summed E-state index contributed by atoms with van der Waals surface area (Å²) in [5.41, 5.74) is 3.61. The first-order chi connectivity index (χ1) is 14.6. The maximum atomic E-state index is 13.2. The number of halogens is 1. The molecule has 0 radical (unpaired) electrons. The highest BCUT2D eigenvalue weighted by Crippen LogP contribution is 2.32. The fraction of sp³-hybridized carbons (Fsp3) is 0.174. The summed E-state index contributed by atoms with van der Waals surface area (Å²) in [4.78, 5) is 22.0. The van der Waals surface area contributed by atoms with Gasteiger partial charge >= 0.3 is 0 Å². The minimum Gasteiger partial charge on any atom is -0.395 e. The highest BCUT2D eigenvalue weighted by molar-refractivity contribution is 6.33. The van der Waals surface area contributed by atoms with E-state index in [0.29, 0.717) is 40.8 Å². The van der Waals surface area contributed by atoms with E-state index in [4.69, 9.17) is 16.7 Å². The molecule has 2 heterocycles. The van der Waals surface area contributed by atoms with Gasteiger partial charge in [0.25, 0.3) is 5.56 Å². The van der Waals surface area contributed by atoms with Crippen molar-refractivity contribution in [3.63, 3.8) is 0 Å². The Bertz CT molecular complexity index is 1260. The van der Waals surface area contributed by atoms with Crippen LogP contribution in [0.2, 0.25) is 5.02 Å². The standard InChI is InChI=1S/C23H21ClN4O2/c1-2-28-21-17(14-26-23(27-21)25-10-11-29)12-19(22(28)30)18-9-8-16(13-20(18)24)15-6-4-3-5-7-15/h3-9,12-14,29H,2,10-11H2,1H3,(H,25,26,27). The van der Waals surface area contributed by atoms with Gasteiger partial charge in [-0.2, -0.15) is 4.98 Å². The second kappa shape index (κ2) is 8.65. The Morgan fingerprint density at radius 1 is 1.07 bits per heavy atom. The van der Waals surface area contributed by atoms with Crippen molar-refractivity contribution in [2.24, 2.45) is 0 Å². The lowest BCUT2D eigenvalue weighted by Crippen LogP contribution is -2.22. The lowest BCUT2D eigenvalue weighted by atomic mass is 10.0. The van der Waals surface area contributed by atoms with Gasteiger partial charge in [0.15, 0.2) is 0 Å². The molecule has 6 nitrogen and oxygen atoms in total. The lowest BCUT2D eigenvalue weighted by Gasteiger charge is -2.13. The molecule has 0 saturated carbocycles. The molecule has 0 saturated heterocycles. The van der Waals surface area contributed by atoms with Crippen LogP contribution in [0.25, 0.3) is 33.3 Å². The van der Waals surface area contributed by atoms with Crippen LogP contribution in [-0.4, -0.2) is 32.8 Å². The van der Waals surface area contributed by atoms with Gasteiger partial charge in [0, 0.05) is 40.8 Å². The summed E-state index contributed by atoms with van der Waals surface area (Å²) in [6, 6.07) is 17.5. The minimum atomic E-state index is -0.161. The van der Waals surface area contributed by atoms with Crippen LogP contribution >= 0.6 is 11.6 Å². The van der Waals surface area contributed by atoms with E-state index in [9.17, 15) is 4.79 Å². The van der Waals surface area contributed by atoms with E-state index in [-0.39, 0.29) is 12.2 Å². The molecule has 0 fully saturated rings. The molecule has 2 N–H and O–H groups in total. The topological polar surface area (TPSA) is 80.0 Å². The van der Waals surface area contributed by atoms with Crippen LogP contribution in [0.1, 0.15) is 6.92 Å². The van der Waals surface area contributed by atoms with Crippen LogP contribution in [0, 0.1) is 0 Å². The fourth-order valence-electron chi connectivity index (χ4n) is 3.44. The number of nitrogens with zero attached hydrogens (tertiary/aromatic N) is 3. The summed E-state index contributed by atoms with van der Waals surface area (Å²) in [5, 5.41) is 13.2. The molecule has 4 aromatic rings. The predicted octanol–water partition coefficient (Wildman–Crippen LogP) is 4.20. The van der Waals surface area contributed by atoms with Crippen molar-refractivity contribution < 1.29 is 5.11 Å². The number of aliphatic hydroxyl groups excluding tert-OH is 1. The number of aryl methyl sites for hydroxylation is 1. The molecular formula is C23H21ClN4O2. The number of aromatic nitrogens is 3. The fourth-order valence-corrected chi connectivity index (χ4v) is 3.72. The Labute approximate surface area is 178 Å². The maximum absolute atomic E-state index is 13.2. The van der Waals surface area contributed by atoms with E-state index in [1.54, 1.807) is 16.8 Å². The van der Waals surface area contributed by atoms with E-state index in [1.807, 2.05) is 55.5 Å². The van der Waals surface area contributed by atoms with E-state index in [2.05, 4.69) is 15.3 Å². The number of anilines is 1. The Hall–Kier alpha value is -3.22. The summed E-state index contributed by atoms with van der Waals surface area (Å²) in [6.07, 6.45) is 1.67. The molecule has 0 amide bonds. The zero-order valence-corrected chi connectivity index (χ0v) is 17.2. The van der Waals surface area contributed by atoms with E-state index < -0.39 is 0 Å². The number of nitrogens with one attached hydrogen (secondary N) is 1. The average molecular weight is 421 g/mol. The van der Waals surface area contributed by atoms with Gasteiger partial charge in [0.05, 0.1) is 6.61 Å². The number of aliphatic hydroxyl groups is 1. The normalized spacial score (nSPS) is 11.0. The number of hydrogen-bond acceptors (Lipinski definition) is 5. The van der Waals surface area contributed by atoms with Gasteiger partial charge in [-0.3, -0.25) is 9.36 Å². The van der Waals surface area contributed by atoms with Gasteiger partial charge in [0.2, 0.25) is 5.95 Å². The Morgan fingerprint density at radius 3 is 2.57 bits per heavy atom. The van der Waals surface area contributed by atoms with Gasteiger partial charge in [-0.15, -0.1) is 0 Å². The predicted molar refractivity (Wildman–Crippen MR) is 121 cm³/mol. The van der Waals surface area contributed by atoms with Gasteiger partial charge in [-0.1, -0.05) is 54.1 Å².